The maximum absolute atomic E-state index is 12.6. The van der Waals surface area contributed by atoms with Crippen molar-refractivity contribution in [3.63, 3.8) is 0 Å². The van der Waals surface area contributed by atoms with Crippen LogP contribution in [0.5, 0.6) is 0 Å². The van der Waals surface area contributed by atoms with E-state index in [1.165, 1.54) is 0 Å². The quantitative estimate of drug-likeness (QED) is 0.866. The van der Waals surface area contributed by atoms with Crippen LogP contribution < -0.4 is 4.90 Å². The van der Waals surface area contributed by atoms with Crippen LogP contribution in [-0.2, 0) is 0 Å². The van der Waals surface area contributed by atoms with Crippen molar-refractivity contribution in [2.75, 3.05) is 11.4 Å². The third-order valence-electron chi connectivity index (χ3n) is 2.79. The summed E-state index contributed by atoms with van der Waals surface area (Å²) in [6, 6.07) is 7.90. The van der Waals surface area contributed by atoms with Crippen molar-refractivity contribution in [1.82, 2.24) is 10.2 Å². The molecule has 0 N–H and O–H groups in total. The molecule has 1 aromatic carbocycles. The van der Waals surface area contributed by atoms with Gasteiger partial charge in [-0.25, -0.2) is 0 Å². The summed E-state index contributed by atoms with van der Waals surface area (Å²) in [7, 11) is 0. The van der Waals surface area contributed by atoms with Crippen LogP contribution in [0.4, 0.5) is 5.69 Å². The predicted octanol–water partition coefficient (Wildman–Crippen LogP) is 3.37. The normalized spacial score (nSPS) is 10.2. The highest BCUT2D eigenvalue weighted by Gasteiger charge is 2.21. The van der Waals surface area contributed by atoms with Gasteiger partial charge >= 0.3 is 0 Å². The molecular formula is C14H13ClN4OS. The number of carbonyl (C=O) groups is 1. The number of hydrogen-bond acceptors (Lipinski definition) is 5. The summed E-state index contributed by atoms with van der Waals surface area (Å²) in [5.74, 6) is -0.292. The molecule has 0 aliphatic heterocycles. The Balaban J connectivity index is 2.38. The zero-order valence-corrected chi connectivity index (χ0v) is 13.2. The fourth-order valence-electron chi connectivity index (χ4n) is 2.02. The van der Waals surface area contributed by atoms with Gasteiger partial charge in [0.2, 0.25) is 9.47 Å². The summed E-state index contributed by atoms with van der Waals surface area (Å²) in [4.78, 5) is 14.1. The van der Waals surface area contributed by atoms with Crippen molar-refractivity contribution in [2.45, 2.75) is 20.3 Å². The number of nitrogens with zero attached hydrogens (tertiary/aromatic N) is 4. The lowest BCUT2D eigenvalue weighted by atomic mass is 10.1. The number of halogens is 1. The van der Waals surface area contributed by atoms with E-state index < -0.39 is 0 Å². The van der Waals surface area contributed by atoms with Crippen molar-refractivity contribution in [3.8, 4) is 6.07 Å². The van der Waals surface area contributed by atoms with E-state index in [0.717, 1.165) is 28.2 Å². The average molecular weight is 321 g/mol. The van der Waals surface area contributed by atoms with Crippen molar-refractivity contribution in [2.24, 2.45) is 0 Å². The molecule has 1 amide bonds. The molecule has 0 bridgehead atoms. The third kappa shape index (κ3) is 3.78. The van der Waals surface area contributed by atoms with E-state index in [1.807, 2.05) is 32.0 Å². The molecule has 2 aromatic rings. The summed E-state index contributed by atoms with van der Waals surface area (Å²) >= 11 is 6.76. The molecule has 7 heteroatoms. The number of amides is 1. The van der Waals surface area contributed by atoms with Crippen molar-refractivity contribution in [3.05, 3.63) is 38.8 Å². The van der Waals surface area contributed by atoms with Gasteiger partial charge in [0.25, 0.3) is 5.91 Å². The molecule has 0 atom stereocenters. The molecule has 0 fully saturated rings. The smallest absolute Gasteiger partial charge is 0.289 e. The van der Waals surface area contributed by atoms with Crippen LogP contribution in [0.2, 0.25) is 4.47 Å². The second kappa shape index (κ2) is 6.66. The molecule has 0 saturated carbocycles. The number of anilines is 1. The molecule has 2 rings (SSSR count). The molecule has 21 heavy (non-hydrogen) atoms. The summed E-state index contributed by atoms with van der Waals surface area (Å²) in [6.45, 7) is 4.23. The number of benzene rings is 1. The lowest BCUT2D eigenvalue weighted by molar-refractivity contribution is 0.0986. The number of aryl methyl sites for hydroxylation is 2. The van der Waals surface area contributed by atoms with E-state index >= 15 is 0 Å². The topological polar surface area (TPSA) is 69.9 Å². The van der Waals surface area contributed by atoms with Crippen LogP contribution in [0.3, 0.4) is 0 Å². The fourth-order valence-corrected chi connectivity index (χ4v) is 2.80. The first-order chi connectivity index (χ1) is 10.0. The molecule has 5 nitrogen and oxygen atoms in total. The highest BCUT2D eigenvalue weighted by Crippen LogP contribution is 2.23. The summed E-state index contributed by atoms with van der Waals surface area (Å²) in [5, 5.41) is 16.4. The van der Waals surface area contributed by atoms with Crippen LogP contribution in [0.15, 0.2) is 18.2 Å². The number of rotatable bonds is 4. The van der Waals surface area contributed by atoms with E-state index in [1.54, 1.807) is 4.90 Å². The van der Waals surface area contributed by atoms with E-state index in [-0.39, 0.29) is 21.8 Å². The van der Waals surface area contributed by atoms with Gasteiger partial charge in [0.1, 0.15) is 0 Å². The minimum absolute atomic E-state index is 0.220. The molecule has 0 radical (unpaired) electrons. The number of hydrogen-bond donors (Lipinski definition) is 0. The molecule has 0 spiro atoms. The Hall–Kier alpha value is -1.97. The molecule has 0 unspecified atom stereocenters. The molecule has 0 aliphatic carbocycles. The first-order valence-electron chi connectivity index (χ1n) is 6.27. The zero-order valence-electron chi connectivity index (χ0n) is 11.6. The number of nitriles is 1. The Morgan fingerprint density at radius 1 is 1.33 bits per heavy atom. The number of aromatic nitrogens is 2. The summed E-state index contributed by atoms with van der Waals surface area (Å²) in [5.41, 5.74) is 2.85. The van der Waals surface area contributed by atoms with Crippen LogP contribution in [0.25, 0.3) is 0 Å². The summed E-state index contributed by atoms with van der Waals surface area (Å²) < 4.78 is 0.221. The maximum Gasteiger partial charge on any atom is 0.289 e. The Labute approximate surface area is 131 Å². The van der Waals surface area contributed by atoms with Gasteiger partial charge in [0, 0.05) is 12.2 Å². The standard InChI is InChI=1S/C14H13ClN4OS/c1-9-6-10(2)8-11(7-9)19(5-3-4-16)13(20)12-17-18-14(15)21-12/h6-8H,3,5H2,1-2H3. The Bertz CT molecular complexity index is 687. The monoisotopic (exact) mass is 320 g/mol. The SMILES string of the molecule is Cc1cc(C)cc(N(CCC#N)C(=O)c2nnc(Cl)s2)c1. The van der Waals surface area contributed by atoms with E-state index in [9.17, 15) is 4.79 Å². The van der Waals surface area contributed by atoms with Crippen LogP contribution in [0, 0.1) is 25.2 Å². The maximum atomic E-state index is 12.6. The van der Waals surface area contributed by atoms with E-state index in [0.29, 0.717) is 6.54 Å². The van der Waals surface area contributed by atoms with E-state index in [2.05, 4.69) is 16.3 Å². The van der Waals surface area contributed by atoms with Gasteiger partial charge in [0.15, 0.2) is 0 Å². The van der Waals surface area contributed by atoms with Gasteiger partial charge in [-0.1, -0.05) is 17.4 Å². The Morgan fingerprint density at radius 3 is 2.52 bits per heavy atom. The first-order valence-corrected chi connectivity index (χ1v) is 7.47. The number of carbonyl (C=O) groups excluding carboxylic acids is 1. The van der Waals surface area contributed by atoms with Gasteiger partial charge in [-0.15, -0.1) is 10.2 Å². The van der Waals surface area contributed by atoms with Gasteiger partial charge < -0.3 is 4.90 Å². The molecule has 108 valence electrons. The van der Waals surface area contributed by atoms with Crippen LogP contribution >= 0.6 is 22.9 Å². The zero-order chi connectivity index (χ0) is 15.4. The third-order valence-corrected chi connectivity index (χ3v) is 3.80. The molecular weight excluding hydrogens is 308 g/mol. The Morgan fingerprint density at radius 2 is 2.00 bits per heavy atom. The van der Waals surface area contributed by atoms with Crippen LogP contribution in [0.1, 0.15) is 27.3 Å². The van der Waals surface area contributed by atoms with Crippen molar-refractivity contribution in [1.29, 1.82) is 5.26 Å². The lowest BCUT2D eigenvalue weighted by Gasteiger charge is -2.21. The lowest BCUT2D eigenvalue weighted by Crippen LogP contribution is -2.32. The Kier molecular flexibility index (Phi) is 4.89. The van der Waals surface area contributed by atoms with Gasteiger partial charge in [-0.2, -0.15) is 5.26 Å². The second-order valence-electron chi connectivity index (χ2n) is 4.57. The molecule has 1 aromatic heterocycles. The largest absolute Gasteiger partial charge is 0.305 e. The van der Waals surface area contributed by atoms with Crippen molar-refractivity contribution < 1.29 is 4.79 Å². The summed E-state index contributed by atoms with van der Waals surface area (Å²) in [6.07, 6.45) is 0.241. The first kappa shape index (κ1) is 15.4. The highest BCUT2D eigenvalue weighted by molar-refractivity contribution is 7.17. The predicted molar refractivity (Wildman–Crippen MR) is 82.7 cm³/mol. The van der Waals surface area contributed by atoms with Crippen molar-refractivity contribution >= 4 is 34.5 Å². The minimum atomic E-state index is -0.292. The minimum Gasteiger partial charge on any atom is -0.305 e. The molecule has 1 heterocycles. The van der Waals surface area contributed by atoms with Crippen LogP contribution in [-0.4, -0.2) is 22.6 Å². The molecule has 0 saturated heterocycles. The highest BCUT2D eigenvalue weighted by atomic mass is 35.5. The fraction of sp³-hybridized carbons (Fsp3) is 0.286. The van der Waals surface area contributed by atoms with Gasteiger partial charge in [-0.3, -0.25) is 4.79 Å². The van der Waals surface area contributed by atoms with Gasteiger partial charge in [0.05, 0.1) is 12.5 Å². The second-order valence-corrected chi connectivity index (χ2v) is 6.13. The van der Waals surface area contributed by atoms with Gasteiger partial charge in [-0.05, 0) is 48.7 Å². The molecule has 0 aliphatic rings. The average Bonchev–Trinajstić information content (AvgIpc) is 2.84. The van der Waals surface area contributed by atoms with E-state index in [4.69, 9.17) is 16.9 Å².